The van der Waals surface area contributed by atoms with Gasteiger partial charge in [0.15, 0.2) is 0 Å². The van der Waals surface area contributed by atoms with E-state index < -0.39 is 0 Å². The van der Waals surface area contributed by atoms with E-state index in [0.29, 0.717) is 5.02 Å². The molecule has 22 heavy (non-hydrogen) atoms. The summed E-state index contributed by atoms with van der Waals surface area (Å²) in [6.07, 6.45) is 0. The zero-order valence-electron chi connectivity index (χ0n) is 12.6. The first-order valence-corrected chi connectivity index (χ1v) is 7.95. The standard InChI is InChI=1S/C16H16ClN3OS/c1-18(2)13-8-9-15-14(10-13)19(3)16(21)20(22-15)12-6-4-11(17)5-7-12/h4-10H,1-3H3. The lowest BCUT2D eigenvalue weighted by molar-refractivity contribution is 0.255. The molecule has 4 nitrogen and oxygen atoms in total. The van der Waals surface area contributed by atoms with Crippen molar-refractivity contribution in [3.8, 4) is 0 Å². The molecule has 0 spiro atoms. The van der Waals surface area contributed by atoms with Gasteiger partial charge in [0.25, 0.3) is 0 Å². The summed E-state index contributed by atoms with van der Waals surface area (Å²) in [5.74, 6) is 0. The van der Waals surface area contributed by atoms with Crippen LogP contribution in [-0.2, 0) is 0 Å². The summed E-state index contributed by atoms with van der Waals surface area (Å²) in [6, 6.07) is 13.3. The van der Waals surface area contributed by atoms with Gasteiger partial charge in [0.05, 0.1) is 16.3 Å². The molecule has 2 amide bonds. The Hall–Kier alpha value is -1.85. The molecule has 1 aliphatic rings. The molecule has 0 radical (unpaired) electrons. The van der Waals surface area contributed by atoms with E-state index in [-0.39, 0.29) is 6.03 Å². The maximum Gasteiger partial charge on any atom is 0.339 e. The van der Waals surface area contributed by atoms with Gasteiger partial charge in [-0.15, -0.1) is 0 Å². The summed E-state index contributed by atoms with van der Waals surface area (Å²) < 4.78 is 1.67. The van der Waals surface area contributed by atoms with Crippen molar-refractivity contribution in [3.63, 3.8) is 0 Å². The van der Waals surface area contributed by atoms with Crippen LogP contribution in [0.5, 0.6) is 0 Å². The van der Waals surface area contributed by atoms with Gasteiger partial charge in [-0.25, -0.2) is 9.10 Å². The van der Waals surface area contributed by atoms with Crippen LogP contribution in [0.1, 0.15) is 0 Å². The van der Waals surface area contributed by atoms with E-state index in [2.05, 4.69) is 6.07 Å². The van der Waals surface area contributed by atoms with Crippen LogP contribution in [0, 0.1) is 0 Å². The van der Waals surface area contributed by atoms with Gasteiger partial charge in [-0.05, 0) is 54.4 Å². The van der Waals surface area contributed by atoms with E-state index in [1.165, 1.54) is 11.9 Å². The molecular formula is C16H16ClN3OS. The third-order valence-electron chi connectivity index (χ3n) is 3.53. The van der Waals surface area contributed by atoms with Gasteiger partial charge in [0, 0.05) is 31.9 Å². The van der Waals surface area contributed by atoms with Crippen molar-refractivity contribution in [2.24, 2.45) is 0 Å². The van der Waals surface area contributed by atoms with E-state index in [1.54, 1.807) is 28.4 Å². The summed E-state index contributed by atoms with van der Waals surface area (Å²) in [6.45, 7) is 0. The van der Waals surface area contributed by atoms with Crippen molar-refractivity contribution in [2.45, 2.75) is 4.90 Å². The highest BCUT2D eigenvalue weighted by Gasteiger charge is 2.30. The topological polar surface area (TPSA) is 26.8 Å². The molecule has 0 aromatic heterocycles. The van der Waals surface area contributed by atoms with Crippen LogP contribution >= 0.6 is 23.5 Å². The second-order valence-corrected chi connectivity index (χ2v) is 6.67. The Labute approximate surface area is 139 Å². The van der Waals surface area contributed by atoms with Gasteiger partial charge in [0.1, 0.15) is 0 Å². The average molecular weight is 334 g/mol. The number of fused-ring (bicyclic) bond motifs is 1. The Kier molecular flexibility index (Phi) is 3.93. The molecule has 0 unspecified atom stereocenters. The maximum atomic E-state index is 12.6. The molecule has 3 rings (SSSR count). The number of rotatable bonds is 2. The lowest BCUT2D eigenvalue weighted by Crippen LogP contribution is -2.40. The minimum atomic E-state index is -0.0734. The highest BCUT2D eigenvalue weighted by Crippen LogP contribution is 2.42. The first-order chi connectivity index (χ1) is 10.5. The number of urea groups is 1. The maximum absolute atomic E-state index is 12.6. The molecule has 1 aliphatic heterocycles. The zero-order valence-corrected chi connectivity index (χ0v) is 14.1. The number of amides is 2. The Balaban J connectivity index is 1.99. The molecule has 0 fully saturated rings. The zero-order chi connectivity index (χ0) is 15.9. The second-order valence-electron chi connectivity index (χ2n) is 5.25. The van der Waals surface area contributed by atoms with Crippen LogP contribution in [0.4, 0.5) is 21.9 Å². The van der Waals surface area contributed by atoms with Crippen molar-refractivity contribution in [1.82, 2.24) is 0 Å². The van der Waals surface area contributed by atoms with E-state index in [0.717, 1.165) is 22.0 Å². The Morgan fingerprint density at radius 3 is 2.41 bits per heavy atom. The summed E-state index contributed by atoms with van der Waals surface area (Å²) in [4.78, 5) is 17.4. The highest BCUT2D eigenvalue weighted by molar-refractivity contribution is 8.01. The van der Waals surface area contributed by atoms with E-state index in [1.807, 2.05) is 43.3 Å². The van der Waals surface area contributed by atoms with Crippen molar-refractivity contribution < 1.29 is 4.79 Å². The summed E-state index contributed by atoms with van der Waals surface area (Å²) in [7, 11) is 5.77. The second kappa shape index (κ2) is 5.74. The van der Waals surface area contributed by atoms with Crippen molar-refractivity contribution in [3.05, 3.63) is 47.5 Å². The van der Waals surface area contributed by atoms with Crippen LogP contribution < -0.4 is 14.1 Å². The minimum Gasteiger partial charge on any atom is -0.378 e. The van der Waals surface area contributed by atoms with E-state index >= 15 is 0 Å². The highest BCUT2D eigenvalue weighted by atomic mass is 35.5. The Bertz CT molecular complexity index is 718. The molecule has 0 atom stereocenters. The van der Waals surface area contributed by atoms with Crippen LogP contribution in [-0.4, -0.2) is 27.2 Å². The lowest BCUT2D eigenvalue weighted by Gasteiger charge is -2.34. The SMILES string of the molecule is CN(C)c1ccc2c(c1)N(C)C(=O)N(c1ccc(Cl)cc1)S2. The number of hydrogen-bond acceptors (Lipinski definition) is 3. The monoisotopic (exact) mass is 333 g/mol. The number of carbonyl (C=O) groups excluding carboxylic acids is 1. The summed E-state index contributed by atoms with van der Waals surface area (Å²) in [5, 5.41) is 0.655. The normalized spacial score (nSPS) is 14.1. The minimum absolute atomic E-state index is 0.0734. The molecule has 0 N–H and O–H groups in total. The molecule has 0 aliphatic carbocycles. The Morgan fingerprint density at radius 1 is 1.09 bits per heavy atom. The van der Waals surface area contributed by atoms with Crippen LogP contribution in [0.25, 0.3) is 0 Å². The van der Waals surface area contributed by atoms with Crippen molar-refractivity contribution in [2.75, 3.05) is 35.2 Å². The molecule has 2 aromatic carbocycles. The average Bonchev–Trinajstić information content (AvgIpc) is 2.51. The summed E-state index contributed by atoms with van der Waals surface area (Å²) in [5.41, 5.74) is 2.80. The van der Waals surface area contributed by atoms with Gasteiger partial charge < -0.3 is 4.90 Å². The molecular weight excluding hydrogens is 318 g/mol. The lowest BCUT2D eigenvalue weighted by atomic mass is 10.2. The van der Waals surface area contributed by atoms with Gasteiger partial charge >= 0.3 is 6.03 Å². The fourth-order valence-corrected chi connectivity index (χ4v) is 3.41. The first kappa shape index (κ1) is 15.1. The van der Waals surface area contributed by atoms with Gasteiger partial charge in [-0.2, -0.15) is 0 Å². The predicted octanol–water partition coefficient (Wildman–Crippen LogP) is 4.49. The third-order valence-corrected chi connectivity index (χ3v) is 4.88. The number of halogens is 1. The quantitative estimate of drug-likeness (QED) is 0.758. The van der Waals surface area contributed by atoms with Gasteiger partial charge in [0.2, 0.25) is 0 Å². The van der Waals surface area contributed by atoms with Crippen LogP contribution in [0.15, 0.2) is 47.4 Å². The molecule has 114 valence electrons. The van der Waals surface area contributed by atoms with Crippen molar-refractivity contribution >= 4 is 46.6 Å². The van der Waals surface area contributed by atoms with Crippen molar-refractivity contribution in [1.29, 1.82) is 0 Å². The number of carbonyl (C=O) groups is 1. The van der Waals surface area contributed by atoms with Gasteiger partial charge in [-0.1, -0.05) is 11.6 Å². The third kappa shape index (κ3) is 2.62. The largest absolute Gasteiger partial charge is 0.378 e. The fraction of sp³-hybridized carbons (Fsp3) is 0.188. The molecule has 0 bridgehead atoms. The van der Waals surface area contributed by atoms with Crippen LogP contribution in [0.2, 0.25) is 5.02 Å². The Morgan fingerprint density at radius 2 is 1.77 bits per heavy atom. The number of nitrogens with zero attached hydrogens (tertiary/aromatic N) is 3. The van der Waals surface area contributed by atoms with Gasteiger partial charge in [-0.3, -0.25) is 4.90 Å². The number of benzene rings is 2. The molecule has 1 heterocycles. The summed E-state index contributed by atoms with van der Waals surface area (Å²) >= 11 is 7.35. The number of anilines is 3. The molecule has 6 heteroatoms. The van der Waals surface area contributed by atoms with E-state index in [9.17, 15) is 4.79 Å². The number of hydrogen-bond donors (Lipinski definition) is 0. The fourth-order valence-electron chi connectivity index (χ4n) is 2.24. The first-order valence-electron chi connectivity index (χ1n) is 6.80. The molecule has 2 aromatic rings. The van der Waals surface area contributed by atoms with Crippen LogP contribution in [0.3, 0.4) is 0 Å². The van der Waals surface area contributed by atoms with E-state index in [4.69, 9.17) is 11.6 Å². The predicted molar refractivity (Wildman–Crippen MR) is 94.4 cm³/mol. The molecule has 0 saturated heterocycles. The molecule has 0 saturated carbocycles. The smallest absolute Gasteiger partial charge is 0.339 e.